The minimum Gasteiger partial charge on any atom is -0.373 e. The van der Waals surface area contributed by atoms with Crippen LogP contribution < -0.4 is 0 Å². The molecule has 6 nitrogen and oxygen atoms in total. The van der Waals surface area contributed by atoms with Crippen LogP contribution >= 0.6 is 0 Å². The van der Waals surface area contributed by atoms with Gasteiger partial charge >= 0.3 is 0 Å². The average molecular weight is 393 g/mol. The zero-order valence-electron chi connectivity index (χ0n) is 17.1. The van der Waals surface area contributed by atoms with Gasteiger partial charge in [-0.05, 0) is 30.4 Å². The topological polar surface area (TPSA) is 60.2 Å². The van der Waals surface area contributed by atoms with E-state index in [9.17, 15) is 4.79 Å². The standard InChI is InChI=1S/C23H28N4O2/c1-17(2)14-27-16-25-21-12-19(13-24-22(21)27)23(28)26-10-8-20(9-11-26)29-15-18-6-4-3-5-7-18/h3-7,12-13,16-17,20H,8-11,14-15H2,1-2H3. The fourth-order valence-electron chi connectivity index (χ4n) is 3.79. The number of likely N-dealkylation sites (tertiary alicyclic amines) is 1. The Bertz CT molecular complexity index is 959. The Morgan fingerprint density at radius 3 is 2.66 bits per heavy atom. The summed E-state index contributed by atoms with van der Waals surface area (Å²) in [5, 5.41) is 0. The van der Waals surface area contributed by atoms with Gasteiger partial charge in [-0.3, -0.25) is 4.79 Å². The molecule has 0 aliphatic carbocycles. The van der Waals surface area contributed by atoms with Crippen LogP contribution in [0.25, 0.3) is 11.2 Å². The van der Waals surface area contributed by atoms with Crippen LogP contribution in [0, 0.1) is 5.92 Å². The Morgan fingerprint density at radius 2 is 1.93 bits per heavy atom. The molecule has 0 spiro atoms. The number of benzene rings is 1. The number of rotatable bonds is 6. The Hall–Kier alpha value is -2.73. The van der Waals surface area contributed by atoms with E-state index in [-0.39, 0.29) is 12.0 Å². The predicted molar refractivity (Wildman–Crippen MR) is 113 cm³/mol. The van der Waals surface area contributed by atoms with Crippen molar-refractivity contribution < 1.29 is 9.53 Å². The van der Waals surface area contributed by atoms with Gasteiger partial charge in [0.25, 0.3) is 5.91 Å². The van der Waals surface area contributed by atoms with Crippen LogP contribution in [0.5, 0.6) is 0 Å². The van der Waals surface area contributed by atoms with Crippen molar-refractivity contribution in [3.63, 3.8) is 0 Å². The van der Waals surface area contributed by atoms with Gasteiger partial charge in [-0.1, -0.05) is 44.2 Å². The first-order valence-electron chi connectivity index (χ1n) is 10.4. The number of aromatic nitrogens is 3. The number of carbonyl (C=O) groups excluding carboxylic acids is 1. The van der Waals surface area contributed by atoms with Gasteiger partial charge in [-0.15, -0.1) is 0 Å². The van der Waals surface area contributed by atoms with Crippen LogP contribution in [0.2, 0.25) is 0 Å². The highest BCUT2D eigenvalue weighted by molar-refractivity contribution is 5.96. The van der Waals surface area contributed by atoms with E-state index in [1.807, 2.05) is 40.1 Å². The van der Waals surface area contributed by atoms with E-state index in [0.717, 1.165) is 30.6 Å². The van der Waals surface area contributed by atoms with Gasteiger partial charge in [0.15, 0.2) is 5.65 Å². The molecule has 152 valence electrons. The summed E-state index contributed by atoms with van der Waals surface area (Å²) < 4.78 is 8.08. The lowest BCUT2D eigenvalue weighted by molar-refractivity contribution is -0.000384. The van der Waals surface area contributed by atoms with Gasteiger partial charge < -0.3 is 14.2 Å². The lowest BCUT2D eigenvalue weighted by Crippen LogP contribution is -2.40. The van der Waals surface area contributed by atoms with Crippen LogP contribution in [0.1, 0.15) is 42.6 Å². The molecule has 0 N–H and O–H groups in total. The predicted octanol–water partition coefficient (Wildman–Crippen LogP) is 3.91. The quantitative estimate of drug-likeness (QED) is 0.638. The minimum atomic E-state index is 0.0271. The van der Waals surface area contributed by atoms with E-state index in [0.29, 0.717) is 31.2 Å². The van der Waals surface area contributed by atoms with E-state index < -0.39 is 0 Å². The first-order chi connectivity index (χ1) is 14.1. The van der Waals surface area contributed by atoms with Crippen LogP contribution in [0.4, 0.5) is 0 Å². The van der Waals surface area contributed by atoms with Gasteiger partial charge in [-0.25, -0.2) is 9.97 Å². The Morgan fingerprint density at radius 1 is 1.17 bits per heavy atom. The van der Waals surface area contributed by atoms with E-state index in [2.05, 4.69) is 35.9 Å². The van der Waals surface area contributed by atoms with Crippen LogP contribution in [-0.4, -0.2) is 44.5 Å². The molecule has 4 rings (SSSR count). The molecule has 2 aromatic heterocycles. The molecule has 3 aromatic rings. The molecular weight excluding hydrogens is 364 g/mol. The first kappa shape index (κ1) is 19.6. The molecule has 0 unspecified atom stereocenters. The molecule has 1 aliphatic heterocycles. The van der Waals surface area contributed by atoms with E-state index in [4.69, 9.17) is 4.74 Å². The third-order valence-corrected chi connectivity index (χ3v) is 5.32. The summed E-state index contributed by atoms with van der Waals surface area (Å²) in [7, 11) is 0. The molecule has 0 bridgehead atoms. The van der Waals surface area contributed by atoms with Gasteiger partial charge in [0, 0.05) is 25.8 Å². The zero-order valence-corrected chi connectivity index (χ0v) is 17.1. The van der Waals surface area contributed by atoms with Gasteiger partial charge in [0.1, 0.15) is 5.52 Å². The largest absolute Gasteiger partial charge is 0.373 e. The second kappa shape index (κ2) is 8.74. The summed E-state index contributed by atoms with van der Waals surface area (Å²) in [6.45, 7) is 7.23. The Kier molecular flexibility index (Phi) is 5.90. The maximum absolute atomic E-state index is 12.9. The highest BCUT2D eigenvalue weighted by Crippen LogP contribution is 2.19. The fraction of sp³-hybridized carbons (Fsp3) is 0.435. The number of amides is 1. The van der Waals surface area contributed by atoms with Crippen molar-refractivity contribution in [2.45, 2.75) is 45.9 Å². The first-order valence-corrected chi connectivity index (χ1v) is 10.4. The number of hydrogen-bond donors (Lipinski definition) is 0. The monoisotopic (exact) mass is 392 g/mol. The van der Waals surface area contributed by atoms with Crippen molar-refractivity contribution in [2.24, 2.45) is 5.92 Å². The minimum absolute atomic E-state index is 0.0271. The number of piperidine rings is 1. The summed E-state index contributed by atoms with van der Waals surface area (Å²) in [6.07, 6.45) is 5.41. The number of hydrogen-bond acceptors (Lipinski definition) is 4. The Balaban J connectivity index is 1.34. The van der Waals surface area contributed by atoms with Crippen molar-refractivity contribution in [3.05, 3.63) is 60.0 Å². The second-order valence-electron chi connectivity index (χ2n) is 8.15. The molecule has 3 heterocycles. The molecule has 1 aliphatic rings. The van der Waals surface area contributed by atoms with Gasteiger partial charge in [0.2, 0.25) is 0 Å². The third kappa shape index (κ3) is 4.65. The van der Waals surface area contributed by atoms with Gasteiger partial charge in [0.05, 0.1) is 24.6 Å². The maximum Gasteiger partial charge on any atom is 0.255 e. The number of ether oxygens (including phenoxy) is 1. The summed E-state index contributed by atoms with van der Waals surface area (Å²) in [5.74, 6) is 0.542. The number of nitrogens with zero attached hydrogens (tertiary/aromatic N) is 4. The number of pyridine rings is 1. The van der Waals surface area contributed by atoms with Crippen LogP contribution in [-0.2, 0) is 17.9 Å². The number of carbonyl (C=O) groups is 1. The normalized spacial score (nSPS) is 15.3. The van der Waals surface area contributed by atoms with E-state index in [1.54, 1.807) is 6.20 Å². The van der Waals surface area contributed by atoms with E-state index in [1.165, 1.54) is 5.56 Å². The van der Waals surface area contributed by atoms with Crippen molar-refractivity contribution in [3.8, 4) is 0 Å². The third-order valence-electron chi connectivity index (χ3n) is 5.32. The van der Waals surface area contributed by atoms with Crippen molar-refractivity contribution >= 4 is 17.1 Å². The van der Waals surface area contributed by atoms with Crippen molar-refractivity contribution in [1.82, 2.24) is 19.4 Å². The molecule has 0 saturated carbocycles. The van der Waals surface area contributed by atoms with Crippen molar-refractivity contribution in [1.29, 1.82) is 0 Å². The lowest BCUT2D eigenvalue weighted by Gasteiger charge is -2.32. The summed E-state index contributed by atoms with van der Waals surface area (Å²) >= 11 is 0. The molecule has 29 heavy (non-hydrogen) atoms. The zero-order chi connectivity index (χ0) is 20.2. The number of imidazole rings is 1. The number of fused-ring (bicyclic) bond motifs is 1. The molecule has 1 saturated heterocycles. The molecule has 1 fully saturated rings. The summed E-state index contributed by atoms with van der Waals surface area (Å²) in [6, 6.07) is 12.1. The summed E-state index contributed by atoms with van der Waals surface area (Å²) in [5.41, 5.74) is 3.40. The SMILES string of the molecule is CC(C)Cn1cnc2cc(C(=O)N3CCC(OCc4ccccc4)CC3)cnc21. The lowest BCUT2D eigenvalue weighted by atomic mass is 10.1. The molecule has 6 heteroatoms. The van der Waals surface area contributed by atoms with E-state index >= 15 is 0 Å². The molecule has 1 amide bonds. The summed E-state index contributed by atoms with van der Waals surface area (Å²) in [4.78, 5) is 23.8. The van der Waals surface area contributed by atoms with Crippen LogP contribution in [0.15, 0.2) is 48.9 Å². The van der Waals surface area contributed by atoms with Gasteiger partial charge in [-0.2, -0.15) is 0 Å². The van der Waals surface area contributed by atoms with Crippen LogP contribution in [0.3, 0.4) is 0 Å². The molecule has 0 atom stereocenters. The second-order valence-corrected chi connectivity index (χ2v) is 8.15. The highest BCUT2D eigenvalue weighted by atomic mass is 16.5. The maximum atomic E-state index is 12.9. The van der Waals surface area contributed by atoms with Crippen molar-refractivity contribution in [2.75, 3.05) is 13.1 Å². The average Bonchev–Trinajstić information content (AvgIpc) is 3.14. The molecule has 0 radical (unpaired) electrons. The smallest absolute Gasteiger partial charge is 0.255 e. The highest BCUT2D eigenvalue weighted by Gasteiger charge is 2.24. The molecule has 1 aromatic carbocycles. The Labute approximate surface area is 171 Å². The fourth-order valence-corrected chi connectivity index (χ4v) is 3.79. The molecular formula is C23H28N4O2.